The van der Waals surface area contributed by atoms with Crippen LogP contribution >= 0.6 is 0 Å². The summed E-state index contributed by atoms with van der Waals surface area (Å²) in [5.74, 6) is 19.2. The second kappa shape index (κ2) is 31.9. The largest absolute Gasteiger partial charge is 1.00 e. The molecule has 22 aliphatic carbocycles. The van der Waals surface area contributed by atoms with Gasteiger partial charge in [0.2, 0.25) is 0 Å². The van der Waals surface area contributed by atoms with E-state index in [1.54, 1.807) is 42.7 Å². The smallest absolute Gasteiger partial charge is 0.664 e. The van der Waals surface area contributed by atoms with Crippen LogP contribution in [-0.4, -0.2) is 213 Å². The Hall–Kier alpha value is 1.65. The molecule has 6 aliphatic heterocycles. The molecule has 33 heteroatoms. The zero-order chi connectivity index (χ0) is 89.8. The predicted molar refractivity (Wildman–Crippen MR) is 507 cm³/mol. The third-order valence-electron chi connectivity index (χ3n) is 50.0. The number of nitrogens with zero attached hydrogens (tertiary/aromatic N) is 2. The number of quaternary nitrogens is 2. The van der Waals surface area contributed by atoms with E-state index in [0.717, 1.165) is 33.9 Å². The Morgan fingerprint density at radius 3 is 0.850 bits per heavy atom. The zero-order valence-corrected chi connectivity index (χ0v) is 94.2. The fourth-order valence-electron chi connectivity index (χ4n) is 45.4. The molecule has 0 aromatic carbocycles. The van der Waals surface area contributed by atoms with Crippen molar-refractivity contribution in [3.8, 4) is 0 Å². The Balaban J connectivity index is 0.00000474. The Morgan fingerprint density at radius 2 is 0.571 bits per heavy atom. The van der Waals surface area contributed by atoms with Crippen molar-refractivity contribution in [1.82, 2.24) is 0 Å². The number of halogens is 2. The quantitative estimate of drug-likeness (QED) is 0.0293. The molecule has 0 radical (unpaired) electrons. The first-order valence-corrected chi connectivity index (χ1v) is 71.7. The molecule has 22 saturated carbocycles. The van der Waals surface area contributed by atoms with Crippen LogP contribution in [0.5, 0.6) is 0 Å². The average Bonchev–Trinajstić information content (AvgIpc) is 0.549. The summed E-state index contributed by atoms with van der Waals surface area (Å²) >= 11 is 0. The van der Waals surface area contributed by atoms with Crippen LogP contribution < -0.4 is 24.8 Å². The van der Waals surface area contributed by atoms with Crippen LogP contribution in [0.15, 0.2) is 0 Å². The summed E-state index contributed by atoms with van der Waals surface area (Å²) in [4.78, 5) is 43.0. The predicted octanol–water partition coefficient (Wildman–Crippen LogP) is 11.6. The van der Waals surface area contributed by atoms with E-state index < -0.39 is 94.8 Å². The summed E-state index contributed by atoms with van der Waals surface area (Å²) in [5.41, 5.74) is 0. The Bertz CT molecular complexity index is 4470. The maximum atomic E-state index is 16.3. The van der Waals surface area contributed by atoms with Gasteiger partial charge in [-0.05, 0) is 284 Å². The lowest BCUT2D eigenvalue weighted by Gasteiger charge is -3.09. The van der Waals surface area contributed by atoms with Gasteiger partial charge in [-0.3, -0.25) is 0 Å². The summed E-state index contributed by atoms with van der Waals surface area (Å²) in [6.07, 6.45) is 46.8. The second-order valence-corrected chi connectivity index (χ2v) is 78.6. The Labute approximate surface area is 819 Å². The van der Waals surface area contributed by atoms with Gasteiger partial charge in [-0.2, -0.15) is 0 Å². The molecule has 6 saturated heterocycles. The highest BCUT2D eigenvalue weighted by molar-refractivity contribution is 6.99. The zero-order valence-electron chi connectivity index (χ0n) is 83.7. The van der Waals surface area contributed by atoms with Crippen molar-refractivity contribution in [2.24, 2.45) is 219 Å². The number of hydrogen-bond acceptors (Lipinski definition) is 20. The van der Waals surface area contributed by atoms with Gasteiger partial charge >= 0.3 is 79.7 Å². The van der Waals surface area contributed by atoms with E-state index in [-0.39, 0.29) is 34.9 Å². The molecule has 6 heterocycles. The summed E-state index contributed by atoms with van der Waals surface area (Å²) in [5, 5.41) is -2.20. The first-order valence-electron chi connectivity index (χ1n) is 55.8. The second-order valence-electron chi connectivity index (χ2n) is 52.2. The SMILES string of the molecule is CCCCCCCCCCCCCCCCC(C)[N+](C)(C)CCC[Si](O)(OC)O[Si](OC)(OC)O[Si]1(OC)O[Si]2(O)O[Si]34O[Si]5(O[Si](OC)(O[Si](OC)(OC)O[Si](O)(CCC[N+](C)(C)C(C)CCCCCCCCCCCCCCCC)OC)C67C8C9CCC9C8C6C6C8C(C67)C6C8C7C8C9C%10C%11C%12C%13C%14C%15C%16C%17C(C%16C%152C%14C%13C%12C%113C%10C9C8C675)C2C%17C3C5C6CCC6C5C231)O4.[Cl-].[Cl-]. The third kappa shape index (κ3) is 10.5. The number of rotatable bonds is 56. The lowest BCUT2D eigenvalue weighted by Crippen LogP contribution is -3.12. The number of fused-ring (bicyclic) bond motifs is 26. The van der Waals surface area contributed by atoms with Crippen molar-refractivity contribution in [3.05, 3.63) is 0 Å². The Morgan fingerprint density at radius 1 is 0.308 bits per heavy atom. The molecular weight excluding hydrogens is 1870 g/mol. The van der Waals surface area contributed by atoms with Gasteiger partial charge in [0.15, 0.2) is 0 Å². The molecule has 22 nitrogen and oxygen atoms in total. The topological polar surface area (TPSA) is 218 Å². The summed E-state index contributed by atoms with van der Waals surface area (Å²) in [6.45, 7) is 11.1. The first-order chi connectivity index (χ1) is 63.3. The lowest BCUT2D eigenvalue weighted by atomic mass is 9.02. The van der Waals surface area contributed by atoms with Gasteiger partial charge in [-0.15, -0.1) is 0 Å². The van der Waals surface area contributed by atoms with E-state index in [4.69, 9.17) is 64.2 Å². The fraction of sp³-hybridized carbons (Fsp3) is 1.00. The van der Waals surface area contributed by atoms with Crippen molar-refractivity contribution < 1.29 is 121 Å². The van der Waals surface area contributed by atoms with Gasteiger partial charge in [0.05, 0.1) is 53.4 Å². The van der Waals surface area contributed by atoms with Crippen molar-refractivity contribution in [1.29, 1.82) is 0 Å². The maximum absolute atomic E-state index is 16.3. The molecule has 2 bridgehead atoms. The molecule has 7 spiro atoms. The highest BCUT2D eigenvalue weighted by Crippen LogP contribution is 3.16. The van der Waals surface area contributed by atoms with Gasteiger partial charge in [-0.25, -0.2) is 0 Å². The van der Waals surface area contributed by atoms with Crippen LogP contribution in [0, 0.1) is 219 Å². The summed E-state index contributed by atoms with van der Waals surface area (Å²) < 4.78 is 134. The van der Waals surface area contributed by atoms with Gasteiger partial charge in [0.25, 0.3) is 0 Å². The number of hydrogen-bond donors (Lipinski definition) is 3. The maximum Gasteiger partial charge on any atom is 0.664 e. The molecule has 3 N–H and O–H groups in total. The van der Waals surface area contributed by atoms with Crippen LogP contribution in [-0.2, 0) is 72.4 Å². The molecule has 28 aliphatic rings. The van der Waals surface area contributed by atoms with Gasteiger partial charge < -0.3 is 121 Å². The number of unbranched alkanes of at least 4 members (excludes halogenated alkanes) is 26. The molecule has 49 atom stereocenters. The van der Waals surface area contributed by atoms with E-state index in [0.29, 0.717) is 244 Å². The van der Waals surface area contributed by atoms with Gasteiger partial charge in [0, 0.05) is 107 Å². The minimum Gasteiger partial charge on any atom is -1.00 e. The molecule has 0 aromatic heterocycles. The molecule has 28 rings (SSSR count). The highest BCUT2D eigenvalue weighted by atomic mass is 35.5. The van der Waals surface area contributed by atoms with Gasteiger partial charge in [0.1, 0.15) is 0 Å². The summed E-state index contributed by atoms with van der Waals surface area (Å²) in [7, 11) is -16.7. The molecule has 133 heavy (non-hydrogen) atoms. The van der Waals surface area contributed by atoms with E-state index in [1.165, 1.54) is 218 Å². The molecule has 0 amide bonds. The van der Waals surface area contributed by atoms with Crippen LogP contribution in [0.2, 0.25) is 37.3 Å². The van der Waals surface area contributed by atoms with E-state index >= 15 is 4.80 Å². The monoisotopic (exact) mass is 2040 g/mol. The summed E-state index contributed by atoms with van der Waals surface area (Å²) in [6, 6.07) is 1.51. The van der Waals surface area contributed by atoms with E-state index in [1.807, 2.05) is 14.2 Å². The van der Waals surface area contributed by atoms with Crippen molar-refractivity contribution in [2.75, 3.05) is 98.2 Å². The van der Waals surface area contributed by atoms with Crippen LogP contribution in [0.25, 0.3) is 0 Å². The standard InChI is InChI=1S/C100H170N2O20Si9.2ClH/c1-17-19-21-23-25-27-29-31-33-35-37-39-41-43-47-57(3)101(5,6)53-45-55-123(103,106-9)114-130(110-13,111-14)121-126(108-11)97-81-61-51-49-59(61)63(81)83(97)69-65-71-85-72-67-74-87(72)96(85,86(71)73(65)88(69)97)125(105,116-126)117-128-99-90(74)77(67)91(99)78-68-79(92(78)99)95-80(68)94-76-66-70-84-64-60-50-52-62(60)82(64)98(84)89(70)75(66)93(76)100(94,95)129(119-128,120-128)118-127(98,109-12)122-131(112-15,113-16)115-124(104,107-10)56-46-54-102(7,8)58(4)48-44-42-40-38-36-34-32-30-28-26-24-22-20-18-2;;/h57-95,103-105H,17-56H2,1-16H3;2*1H/q+2;;/p-2. The van der Waals surface area contributed by atoms with Crippen LogP contribution in [0.4, 0.5) is 0 Å². The van der Waals surface area contributed by atoms with E-state index in [2.05, 4.69) is 55.9 Å². The van der Waals surface area contributed by atoms with Crippen molar-refractivity contribution >= 4 is 79.7 Å². The van der Waals surface area contributed by atoms with E-state index in [9.17, 15) is 17.8 Å². The van der Waals surface area contributed by atoms with Crippen molar-refractivity contribution in [2.45, 2.75) is 308 Å². The highest BCUT2D eigenvalue weighted by Gasteiger charge is 3.18. The van der Waals surface area contributed by atoms with Gasteiger partial charge in [-0.1, -0.05) is 181 Å². The van der Waals surface area contributed by atoms with Crippen molar-refractivity contribution in [3.63, 3.8) is 0 Å². The first kappa shape index (κ1) is 95.6. The lowest BCUT2D eigenvalue weighted by molar-refractivity contribution is -0.913. The Kier molecular flexibility index (Phi) is 22.9. The molecule has 49 unspecified atom stereocenters. The molecular formula is C100H170Cl2N2O20Si9. The normalized spacial score (nSPS) is 54.6. The fourth-order valence-corrected chi connectivity index (χ4v) is 91.8. The average molecular weight is 2040 g/mol. The third-order valence-corrected chi connectivity index (χ3v) is 86.1. The van der Waals surface area contributed by atoms with Crippen LogP contribution in [0.1, 0.15) is 259 Å². The van der Waals surface area contributed by atoms with Crippen LogP contribution in [0.3, 0.4) is 0 Å². The minimum atomic E-state index is -4.84. The minimum absolute atomic E-state index is 0. The molecule has 28 fully saturated rings. The molecule has 0 aromatic rings. The molecule has 750 valence electrons.